The van der Waals surface area contributed by atoms with Gasteiger partial charge in [-0.25, -0.2) is 0 Å². The van der Waals surface area contributed by atoms with Crippen molar-refractivity contribution in [2.45, 2.75) is 106 Å². The summed E-state index contributed by atoms with van der Waals surface area (Å²) in [5.74, 6) is 0. The fourth-order valence-corrected chi connectivity index (χ4v) is 2.00. The maximum Gasteiger partial charge on any atom is 0.154 e. The first-order valence-electron chi connectivity index (χ1n) is 13.9. The maximum absolute atomic E-state index is 8.89. The molecule has 10 heteroatoms. The van der Waals surface area contributed by atoms with Crippen molar-refractivity contribution < 1.29 is 48.8 Å². The van der Waals surface area contributed by atoms with Crippen LogP contribution in [0.4, 0.5) is 0 Å². The van der Waals surface area contributed by atoms with Crippen molar-refractivity contribution in [1.29, 1.82) is 0 Å². The number of hydrogen-bond donors (Lipinski definition) is 4. The molecule has 0 fully saturated rings. The quantitative estimate of drug-likeness (QED) is 0.118. The normalized spacial score (nSPS) is 12.7. The highest BCUT2D eigenvalue weighted by Crippen LogP contribution is 1.98. The summed E-state index contributed by atoms with van der Waals surface area (Å²) < 4.78 is 30.5. The molecule has 10 nitrogen and oxygen atoms in total. The first-order valence-corrected chi connectivity index (χ1v) is 13.9. The molecule has 0 saturated heterocycles. The molecule has 3 atom stereocenters. The maximum atomic E-state index is 8.89. The summed E-state index contributed by atoms with van der Waals surface area (Å²) in [4.78, 5) is 0. The Morgan fingerprint density at radius 2 is 0.919 bits per heavy atom. The third kappa shape index (κ3) is 56.8. The molecule has 0 aliphatic rings. The van der Waals surface area contributed by atoms with Gasteiger partial charge in [-0.3, -0.25) is 0 Å². The molecule has 0 spiro atoms. The van der Waals surface area contributed by atoms with Gasteiger partial charge in [-0.15, -0.1) is 0 Å². The summed E-state index contributed by atoms with van der Waals surface area (Å²) in [7, 11) is 0. The lowest BCUT2D eigenvalue weighted by molar-refractivity contribution is -0.145. The second kappa shape index (κ2) is 42.7. The zero-order chi connectivity index (χ0) is 29.0. The summed E-state index contributed by atoms with van der Waals surface area (Å²) in [6.45, 7) is 18.6. The molecule has 0 aliphatic heterocycles. The van der Waals surface area contributed by atoms with Crippen molar-refractivity contribution in [3.8, 4) is 0 Å². The van der Waals surface area contributed by atoms with Crippen molar-refractivity contribution in [2.24, 2.45) is 0 Å². The van der Waals surface area contributed by atoms with Crippen molar-refractivity contribution in [3.63, 3.8) is 0 Å². The highest BCUT2D eigenvalue weighted by molar-refractivity contribution is 4.42. The van der Waals surface area contributed by atoms with E-state index in [1.54, 1.807) is 6.92 Å². The number of ether oxygens (including phenoxy) is 6. The number of aliphatic hydroxyl groups excluding tert-OH is 4. The van der Waals surface area contributed by atoms with Gasteiger partial charge in [-0.2, -0.15) is 0 Å². The lowest BCUT2D eigenvalue weighted by Crippen LogP contribution is -2.19. The summed E-state index contributed by atoms with van der Waals surface area (Å²) in [6.07, 6.45) is 5.83. The van der Waals surface area contributed by atoms with Crippen LogP contribution in [0.25, 0.3) is 0 Å². The van der Waals surface area contributed by atoms with E-state index in [1.807, 2.05) is 20.8 Å². The molecule has 0 heterocycles. The predicted octanol–water partition coefficient (Wildman–Crippen LogP) is 3.52. The predicted molar refractivity (Wildman–Crippen MR) is 148 cm³/mol. The molecule has 230 valence electrons. The smallest absolute Gasteiger partial charge is 0.154 e. The molecule has 0 rings (SSSR count). The zero-order valence-electron chi connectivity index (χ0n) is 25.0. The Labute approximate surface area is 227 Å². The van der Waals surface area contributed by atoms with Gasteiger partial charge in [0.1, 0.15) is 0 Å². The molecule has 0 aromatic carbocycles. The van der Waals surface area contributed by atoms with Gasteiger partial charge in [0, 0.05) is 26.4 Å². The molecule has 0 aromatic rings. The van der Waals surface area contributed by atoms with Crippen LogP contribution in [-0.2, 0) is 28.4 Å². The fourth-order valence-electron chi connectivity index (χ4n) is 2.00. The molecule has 4 N–H and O–H groups in total. The first-order chi connectivity index (χ1) is 17.8. The largest absolute Gasteiger partial charge is 0.394 e. The van der Waals surface area contributed by atoms with E-state index in [-0.39, 0.29) is 32.4 Å². The number of rotatable bonds is 22. The molecule has 0 aliphatic carbocycles. The van der Waals surface area contributed by atoms with Crippen LogP contribution in [0.2, 0.25) is 0 Å². The van der Waals surface area contributed by atoms with Gasteiger partial charge in [0.2, 0.25) is 0 Å². The third-order valence-corrected chi connectivity index (χ3v) is 4.03. The van der Waals surface area contributed by atoms with Gasteiger partial charge < -0.3 is 48.8 Å². The van der Waals surface area contributed by atoms with Crippen LogP contribution in [0, 0.1) is 0 Å². The van der Waals surface area contributed by atoms with Gasteiger partial charge in [0.05, 0.1) is 52.4 Å². The van der Waals surface area contributed by atoms with Crippen molar-refractivity contribution in [1.82, 2.24) is 0 Å². The molecule has 0 radical (unpaired) electrons. The second-order valence-corrected chi connectivity index (χ2v) is 7.97. The van der Waals surface area contributed by atoms with Crippen LogP contribution >= 0.6 is 0 Å². The molecule has 3 unspecified atom stereocenters. The Bertz CT molecular complexity index is 339. The molecule has 0 bridgehead atoms. The minimum absolute atomic E-state index is 0.0570. The third-order valence-electron chi connectivity index (χ3n) is 4.03. The van der Waals surface area contributed by atoms with Crippen molar-refractivity contribution in [3.05, 3.63) is 0 Å². The highest BCUT2D eigenvalue weighted by Gasteiger charge is 2.03. The van der Waals surface area contributed by atoms with Gasteiger partial charge in [-0.1, -0.05) is 40.0 Å². The average Bonchev–Trinajstić information content (AvgIpc) is 2.89. The van der Waals surface area contributed by atoms with E-state index in [0.29, 0.717) is 33.0 Å². The van der Waals surface area contributed by atoms with Crippen LogP contribution in [0.1, 0.15) is 87.0 Å². The topological polar surface area (TPSA) is 136 Å². The molecular formula is C27H62O10. The SMILES string of the molecule is CCCCOC(C)OCC(C)O.CCCCOC(C)OCCO.CCCCOCCO.CCOCCO. The minimum Gasteiger partial charge on any atom is -0.394 e. The van der Waals surface area contributed by atoms with E-state index in [4.69, 9.17) is 48.8 Å². The van der Waals surface area contributed by atoms with E-state index in [0.717, 1.165) is 58.3 Å². The second-order valence-electron chi connectivity index (χ2n) is 7.97. The Balaban J connectivity index is -0.000000203. The first kappa shape index (κ1) is 43.6. The number of hydrogen-bond acceptors (Lipinski definition) is 10. The van der Waals surface area contributed by atoms with E-state index in [9.17, 15) is 0 Å². The Morgan fingerprint density at radius 1 is 0.514 bits per heavy atom. The van der Waals surface area contributed by atoms with E-state index >= 15 is 0 Å². The average molecular weight is 547 g/mol. The Morgan fingerprint density at radius 3 is 1.30 bits per heavy atom. The number of unbranched alkanes of at least 4 members (excludes halogenated alkanes) is 3. The van der Waals surface area contributed by atoms with Crippen LogP contribution < -0.4 is 0 Å². The van der Waals surface area contributed by atoms with E-state index in [1.165, 1.54) is 0 Å². The summed E-state index contributed by atoms with van der Waals surface area (Å²) >= 11 is 0. The van der Waals surface area contributed by atoms with Crippen molar-refractivity contribution in [2.75, 3.05) is 72.7 Å². The van der Waals surface area contributed by atoms with E-state index < -0.39 is 6.10 Å². The summed E-state index contributed by atoms with van der Waals surface area (Å²) in [6, 6.07) is 0. The van der Waals surface area contributed by atoms with Gasteiger partial charge >= 0.3 is 0 Å². The minimum atomic E-state index is -0.415. The van der Waals surface area contributed by atoms with Gasteiger partial charge in [0.15, 0.2) is 12.6 Å². The van der Waals surface area contributed by atoms with Crippen LogP contribution in [0.15, 0.2) is 0 Å². The van der Waals surface area contributed by atoms with Crippen LogP contribution in [0.5, 0.6) is 0 Å². The zero-order valence-corrected chi connectivity index (χ0v) is 25.0. The standard InChI is InChI=1S/C9H20O3.C8H18O3.C6H14O2.C4H10O2/c1-4-5-6-11-9(3)12-7-8(2)10;1-3-4-6-10-8(2)11-7-5-9;1-2-3-5-8-6-4-7;1-2-6-4-3-5/h8-10H,4-7H2,1-3H3;8-9H,3-7H2,1-2H3;7H,2-6H2,1H3;5H,2-4H2,1H3. The number of aliphatic hydroxyl groups is 4. The lowest BCUT2D eigenvalue weighted by atomic mass is 10.4. The fraction of sp³-hybridized carbons (Fsp3) is 1.00. The lowest BCUT2D eigenvalue weighted by Gasteiger charge is -2.14. The summed E-state index contributed by atoms with van der Waals surface area (Å²) in [5.41, 5.74) is 0. The molecular weight excluding hydrogens is 484 g/mol. The molecule has 37 heavy (non-hydrogen) atoms. The summed E-state index contributed by atoms with van der Waals surface area (Å²) in [5, 5.41) is 33.6. The van der Waals surface area contributed by atoms with Crippen molar-refractivity contribution >= 4 is 0 Å². The highest BCUT2D eigenvalue weighted by atomic mass is 16.7. The monoisotopic (exact) mass is 546 g/mol. The van der Waals surface area contributed by atoms with Crippen LogP contribution in [-0.4, -0.2) is 112 Å². The molecule has 0 amide bonds. The Hall–Kier alpha value is -0.400. The van der Waals surface area contributed by atoms with Crippen LogP contribution in [0.3, 0.4) is 0 Å². The molecule has 0 saturated carbocycles. The van der Waals surface area contributed by atoms with Gasteiger partial charge in [0.25, 0.3) is 0 Å². The Kier molecular flexibility index (Phi) is 50.3. The molecule has 0 aromatic heterocycles. The van der Waals surface area contributed by atoms with E-state index in [2.05, 4.69) is 20.8 Å². The van der Waals surface area contributed by atoms with Gasteiger partial charge in [-0.05, 0) is 47.0 Å².